The average Bonchev–Trinajstić information content (AvgIpc) is 3.60. The number of thiophene rings is 1. The topological polar surface area (TPSA) is 100 Å². The molecule has 0 saturated carbocycles. The zero-order valence-electron chi connectivity index (χ0n) is 23.3. The number of alkyl halides is 2. The molecule has 3 aliphatic rings. The van der Waals surface area contributed by atoms with E-state index in [0.717, 1.165) is 34.2 Å². The molecule has 226 valence electrons. The van der Waals surface area contributed by atoms with E-state index < -0.39 is 43.0 Å². The molecule has 0 aliphatic carbocycles. The van der Waals surface area contributed by atoms with Crippen molar-refractivity contribution in [3.63, 3.8) is 0 Å². The number of ether oxygens (including phenoxy) is 2. The SMILES string of the molecule is CN1CCc2cc(CNC(=O)[C@@H]3C[C@@H](OC(F)F)CN3C(=O)CNC(=O)c3ccc4c(c3)Oc3ccccc3S4)sc2C1. The second-order valence-corrected chi connectivity index (χ2v) is 13.0. The fourth-order valence-corrected chi connectivity index (χ4v) is 7.65. The maximum atomic E-state index is 13.2. The van der Waals surface area contributed by atoms with Crippen molar-refractivity contribution in [3.05, 3.63) is 69.4 Å². The number of rotatable bonds is 8. The summed E-state index contributed by atoms with van der Waals surface area (Å²) in [5.41, 5.74) is 1.58. The van der Waals surface area contributed by atoms with Gasteiger partial charge in [0.05, 0.1) is 29.0 Å². The van der Waals surface area contributed by atoms with Gasteiger partial charge in [-0.05, 0) is 55.4 Å². The number of hydrogen-bond donors (Lipinski definition) is 2. The summed E-state index contributed by atoms with van der Waals surface area (Å²) in [5, 5.41) is 5.45. The van der Waals surface area contributed by atoms with Crippen LogP contribution in [-0.4, -0.2) is 73.0 Å². The van der Waals surface area contributed by atoms with Crippen LogP contribution in [0.5, 0.6) is 11.5 Å². The fraction of sp³-hybridized carbons (Fsp3) is 0.367. The lowest BCUT2D eigenvalue weighted by molar-refractivity contribution is -0.160. The predicted octanol–water partition coefficient (Wildman–Crippen LogP) is 4.25. The van der Waals surface area contributed by atoms with Gasteiger partial charge >= 0.3 is 6.61 Å². The summed E-state index contributed by atoms with van der Waals surface area (Å²) >= 11 is 3.17. The summed E-state index contributed by atoms with van der Waals surface area (Å²) in [6.07, 6.45) is -0.119. The van der Waals surface area contributed by atoms with Crippen LogP contribution in [0.3, 0.4) is 0 Å². The number of hydrogen-bond acceptors (Lipinski definition) is 8. The van der Waals surface area contributed by atoms with Gasteiger partial charge in [-0.1, -0.05) is 23.9 Å². The fourth-order valence-electron chi connectivity index (χ4n) is 5.48. The molecule has 0 unspecified atom stereocenters. The van der Waals surface area contributed by atoms with Gasteiger partial charge in [-0.15, -0.1) is 11.3 Å². The smallest absolute Gasteiger partial charge is 0.345 e. The molecule has 6 rings (SSSR count). The molecule has 4 heterocycles. The Morgan fingerprint density at radius 1 is 1.09 bits per heavy atom. The highest BCUT2D eigenvalue weighted by atomic mass is 32.2. The maximum absolute atomic E-state index is 13.2. The molecular formula is C30H30F2N4O5S2. The highest BCUT2D eigenvalue weighted by Crippen LogP contribution is 2.46. The van der Waals surface area contributed by atoms with Gasteiger partial charge in [0.25, 0.3) is 5.91 Å². The van der Waals surface area contributed by atoms with Gasteiger partial charge in [0, 0.05) is 41.4 Å². The molecule has 9 nitrogen and oxygen atoms in total. The van der Waals surface area contributed by atoms with E-state index in [9.17, 15) is 23.2 Å². The molecule has 1 saturated heterocycles. The van der Waals surface area contributed by atoms with E-state index >= 15 is 0 Å². The van der Waals surface area contributed by atoms with Crippen molar-refractivity contribution in [1.82, 2.24) is 20.4 Å². The van der Waals surface area contributed by atoms with Crippen LogP contribution in [0.1, 0.15) is 32.1 Å². The number of fused-ring (bicyclic) bond motifs is 3. The summed E-state index contributed by atoms with van der Waals surface area (Å²) in [7, 11) is 2.07. The summed E-state index contributed by atoms with van der Waals surface area (Å²) < 4.78 is 36.6. The quantitative estimate of drug-likeness (QED) is 0.301. The lowest BCUT2D eigenvalue weighted by Crippen LogP contribution is -2.48. The van der Waals surface area contributed by atoms with Crippen molar-refractivity contribution in [1.29, 1.82) is 0 Å². The molecule has 2 N–H and O–H groups in total. The normalized spacial score (nSPS) is 19.3. The summed E-state index contributed by atoms with van der Waals surface area (Å²) in [6, 6.07) is 13.7. The van der Waals surface area contributed by atoms with Gasteiger partial charge in [-0.3, -0.25) is 14.4 Å². The first-order valence-electron chi connectivity index (χ1n) is 13.9. The van der Waals surface area contributed by atoms with Crippen molar-refractivity contribution in [3.8, 4) is 11.5 Å². The Morgan fingerprint density at radius 2 is 1.91 bits per heavy atom. The number of carbonyl (C=O) groups excluding carboxylic acids is 3. The lowest BCUT2D eigenvalue weighted by atomic mass is 10.1. The third-order valence-electron chi connectivity index (χ3n) is 7.64. The first-order chi connectivity index (χ1) is 20.7. The Labute approximate surface area is 255 Å². The zero-order valence-corrected chi connectivity index (χ0v) is 24.9. The Bertz CT molecular complexity index is 1550. The number of amides is 3. The number of likely N-dealkylation sites (N-methyl/N-ethyl adjacent to an activating group) is 1. The van der Waals surface area contributed by atoms with Crippen molar-refractivity contribution in [2.24, 2.45) is 0 Å². The molecule has 3 aromatic rings. The van der Waals surface area contributed by atoms with Crippen LogP contribution in [0.15, 0.2) is 58.3 Å². The van der Waals surface area contributed by atoms with Gasteiger partial charge in [-0.2, -0.15) is 8.78 Å². The highest BCUT2D eigenvalue weighted by Gasteiger charge is 2.41. The minimum absolute atomic E-state index is 0.0666. The largest absolute Gasteiger partial charge is 0.455 e. The second kappa shape index (κ2) is 12.6. The van der Waals surface area contributed by atoms with Crippen molar-refractivity contribution < 1.29 is 32.6 Å². The van der Waals surface area contributed by atoms with Crippen molar-refractivity contribution in [2.75, 3.05) is 26.7 Å². The number of halogens is 2. The Morgan fingerprint density at radius 3 is 2.74 bits per heavy atom. The number of nitrogens with one attached hydrogen (secondary N) is 2. The van der Waals surface area contributed by atoms with Crippen LogP contribution in [-0.2, 0) is 33.8 Å². The third-order valence-corrected chi connectivity index (χ3v) is 9.91. The van der Waals surface area contributed by atoms with Crippen LogP contribution in [0.25, 0.3) is 0 Å². The second-order valence-electron chi connectivity index (χ2n) is 10.7. The number of carbonyl (C=O) groups is 3. The summed E-state index contributed by atoms with van der Waals surface area (Å²) in [4.78, 5) is 46.9. The van der Waals surface area contributed by atoms with E-state index in [1.165, 1.54) is 27.1 Å². The van der Waals surface area contributed by atoms with Crippen LogP contribution in [0, 0.1) is 0 Å². The molecule has 43 heavy (non-hydrogen) atoms. The van der Waals surface area contributed by atoms with Gasteiger partial charge in [0.2, 0.25) is 11.8 Å². The standard InChI is InChI=1S/C30H30F2N4O5S2/c1-35-9-8-17-10-20(42-26(17)16-35)13-33-29(39)21-12-19(40-30(31)32)15-36(21)27(37)14-34-28(38)18-6-7-25-23(11-18)41-22-4-2-3-5-24(22)43-25/h2-7,10-11,19,21,30H,8-9,12-16H2,1H3,(H,33,39)(H,34,38)/t19-,21+/m1/s1. The predicted molar refractivity (Wildman–Crippen MR) is 157 cm³/mol. The molecule has 0 spiro atoms. The van der Waals surface area contributed by atoms with E-state index in [4.69, 9.17) is 4.74 Å². The molecule has 0 radical (unpaired) electrons. The van der Waals surface area contributed by atoms with Gasteiger partial charge in [-0.25, -0.2) is 0 Å². The zero-order chi connectivity index (χ0) is 30.1. The van der Waals surface area contributed by atoms with Crippen LogP contribution in [0.4, 0.5) is 8.78 Å². The molecule has 3 amide bonds. The number of para-hydroxylation sites is 1. The van der Waals surface area contributed by atoms with E-state index in [1.807, 2.05) is 24.3 Å². The van der Waals surface area contributed by atoms with Crippen molar-refractivity contribution in [2.45, 2.75) is 54.5 Å². The van der Waals surface area contributed by atoms with Crippen LogP contribution in [0.2, 0.25) is 0 Å². The van der Waals surface area contributed by atoms with Crippen LogP contribution >= 0.6 is 23.1 Å². The highest BCUT2D eigenvalue weighted by molar-refractivity contribution is 7.99. The first-order valence-corrected chi connectivity index (χ1v) is 15.5. The Balaban J connectivity index is 1.07. The minimum Gasteiger partial charge on any atom is -0.455 e. The number of nitrogens with zero attached hydrogens (tertiary/aromatic N) is 2. The molecule has 13 heteroatoms. The van der Waals surface area contributed by atoms with Crippen molar-refractivity contribution >= 4 is 40.8 Å². The third kappa shape index (κ3) is 6.69. The van der Waals surface area contributed by atoms with E-state index in [1.54, 1.807) is 29.5 Å². The Kier molecular flexibility index (Phi) is 8.66. The molecule has 3 aliphatic heterocycles. The molecule has 1 aromatic heterocycles. The van der Waals surface area contributed by atoms with Gasteiger partial charge in [0.15, 0.2) is 0 Å². The van der Waals surface area contributed by atoms with E-state index in [-0.39, 0.29) is 19.5 Å². The minimum atomic E-state index is -3.03. The van der Waals surface area contributed by atoms with Crippen LogP contribution < -0.4 is 15.4 Å². The monoisotopic (exact) mass is 628 g/mol. The molecule has 2 atom stereocenters. The lowest BCUT2D eigenvalue weighted by Gasteiger charge is -2.24. The first kappa shape index (κ1) is 29.5. The number of likely N-dealkylation sites (tertiary alicyclic amines) is 1. The molecular weight excluding hydrogens is 598 g/mol. The maximum Gasteiger partial charge on any atom is 0.345 e. The average molecular weight is 629 g/mol. The van der Waals surface area contributed by atoms with E-state index in [0.29, 0.717) is 17.1 Å². The van der Waals surface area contributed by atoms with Gasteiger partial charge in [0.1, 0.15) is 17.5 Å². The Hall–Kier alpha value is -3.52. The van der Waals surface area contributed by atoms with E-state index in [2.05, 4.69) is 33.4 Å². The number of benzene rings is 2. The summed E-state index contributed by atoms with van der Waals surface area (Å²) in [6.45, 7) is -1.51. The molecule has 1 fully saturated rings. The van der Waals surface area contributed by atoms with Gasteiger partial charge < -0.3 is 29.9 Å². The molecule has 2 aromatic carbocycles. The summed E-state index contributed by atoms with van der Waals surface area (Å²) in [5.74, 6) is -0.297. The molecule has 0 bridgehead atoms.